The predicted octanol–water partition coefficient (Wildman–Crippen LogP) is 1.63. The van der Waals surface area contributed by atoms with Gasteiger partial charge in [0.05, 0.1) is 0 Å². The second-order valence-corrected chi connectivity index (χ2v) is 4.31. The van der Waals surface area contributed by atoms with Crippen LogP contribution in [0.4, 0.5) is 5.69 Å². The van der Waals surface area contributed by atoms with E-state index in [1.165, 1.54) is 12.8 Å². The Bertz CT molecular complexity index is 389. The summed E-state index contributed by atoms with van der Waals surface area (Å²) in [5, 5.41) is 5.89. The molecular formula is C13H18N2O2. The van der Waals surface area contributed by atoms with E-state index in [0.717, 1.165) is 23.9 Å². The number of anilines is 1. The maximum atomic E-state index is 11.0. The zero-order valence-electron chi connectivity index (χ0n) is 10.0. The molecule has 2 rings (SSSR count). The minimum absolute atomic E-state index is 0.0581. The first-order valence-electron chi connectivity index (χ1n) is 5.95. The van der Waals surface area contributed by atoms with Crippen molar-refractivity contribution in [2.24, 2.45) is 5.92 Å². The molecule has 0 unspecified atom stereocenters. The molecule has 1 saturated carbocycles. The van der Waals surface area contributed by atoms with Crippen LogP contribution in [0.25, 0.3) is 0 Å². The second kappa shape index (κ2) is 5.57. The monoisotopic (exact) mass is 234 g/mol. The molecule has 0 atom stereocenters. The molecule has 1 amide bonds. The molecule has 0 saturated heterocycles. The molecule has 17 heavy (non-hydrogen) atoms. The Morgan fingerprint density at radius 2 is 2.29 bits per heavy atom. The van der Waals surface area contributed by atoms with Crippen molar-refractivity contribution in [3.05, 3.63) is 24.3 Å². The van der Waals surface area contributed by atoms with E-state index in [1.54, 1.807) is 7.05 Å². The maximum Gasteiger partial charge on any atom is 0.257 e. The van der Waals surface area contributed by atoms with E-state index in [4.69, 9.17) is 4.74 Å². The average molecular weight is 234 g/mol. The first-order chi connectivity index (χ1) is 8.28. The molecular weight excluding hydrogens is 216 g/mol. The molecule has 4 heteroatoms. The Labute approximate surface area is 101 Å². The van der Waals surface area contributed by atoms with Gasteiger partial charge in [-0.15, -0.1) is 0 Å². The molecule has 0 aromatic heterocycles. The number of hydrogen-bond donors (Lipinski definition) is 2. The fourth-order valence-electron chi connectivity index (χ4n) is 1.50. The van der Waals surface area contributed by atoms with Crippen LogP contribution in [-0.2, 0) is 4.79 Å². The van der Waals surface area contributed by atoms with Crippen molar-refractivity contribution in [2.75, 3.05) is 25.5 Å². The van der Waals surface area contributed by atoms with Crippen molar-refractivity contribution in [2.45, 2.75) is 12.8 Å². The molecule has 1 aromatic rings. The lowest BCUT2D eigenvalue weighted by Crippen LogP contribution is -2.24. The maximum absolute atomic E-state index is 11.0. The molecule has 1 aliphatic carbocycles. The number of carbonyl (C=O) groups excluding carboxylic acids is 1. The van der Waals surface area contributed by atoms with E-state index in [9.17, 15) is 4.79 Å². The van der Waals surface area contributed by atoms with Crippen LogP contribution >= 0.6 is 0 Å². The number of carbonyl (C=O) groups is 1. The van der Waals surface area contributed by atoms with Gasteiger partial charge in [-0.3, -0.25) is 4.79 Å². The molecule has 0 bridgehead atoms. The van der Waals surface area contributed by atoms with Crippen LogP contribution in [0.15, 0.2) is 24.3 Å². The third-order valence-electron chi connectivity index (χ3n) is 2.77. The Hall–Kier alpha value is -1.71. The standard InChI is InChI=1S/C13H18N2O2/c1-14-13(16)9-17-12-4-2-3-11(7-12)15-8-10-5-6-10/h2-4,7,10,15H,5-6,8-9H2,1H3,(H,14,16). The predicted molar refractivity (Wildman–Crippen MR) is 67.2 cm³/mol. The lowest BCUT2D eigenvalue weighted by molar-refractivity contribution is -0.122. The van der Waals surface area contributed by atoms with Gasteiger partial charge < -0.3 is 15.4 Å². The minimum atomic E-state index is -0.124. The summed E-state index contributed by atoms with van der Waals surface area (Å²) in [6.07, 6.45) is 2.67. The average Bonchev–Trinajstić information content (AvgIpc) is 3.18. The van der Waals surface area contributed by atoms with Crippen LogP contribution in [-0.4, -0.2) is 26.1 Å². The Morgan fingerprint density at radius 1 is 1.47 bits per heavy atom. The number of likely N-dealkylation sites (N-methyl/N-ethyl adjacent to an activating group) is 1. The van der Waals surface area contributed by atoms with Crippen LogP contribution in [0.5, 0.6) is 5.75 Å². The van der Waals surface area contributed by atoms with E-state index in [0.29, 0.717) is 0 Å². The fraction of sp³-hybridized carbons (Fsp3) is 0.462. The lowest BCUT2D eigenvalue weighted by atomic mass is 10.3. The van der Waals surface area contributed by atoms with Gasteiger partial charge in [0.1, 0.15) is 5.75 Å². The summed E-state index contributed by atoms with van der Waals surface area (Å²) in [5.41, 5.74) is 1.05. The van der Waals surface area contributed by atoms with Crippen molar-refractivity contribution >= 4 is 11.6 Å². The number of hydrogen-bond acceptors (Lipinski definition) is 3. The van der Waals surface area contributed by atoms with Gasteiger partial charge in [-0.2, -0.15) is 0 Å². The van der Waals surface area contributed by atoms with Crippen LogP contribution < -0.4 is 15.4 Å². The highest BCUT2D eigenvalue weighted by atomic mass is 16.5. The Kier molecular flexibility index (Phi) is 3.85. The smallest absolute Gasteiger partial charge is 0.257 e. The van der Waals surface area contributed by atoms with Gasteiger partial charge in [0, 0.05) is 25.3 Å². The first kappa shape index (κ1) is 11.8. The third kappa shape index (κ3) is 3.98. The molecule has 0 radical (unpaired) electrons. The Balaban J connectivity index is 1.84. The van der Waals surface area contributed by atoms with Crippen LogP contribution in [0.2, 0.25) is 0 Å². The molecule has 1 fully saturated rings. The van der Waals surface area contributed by atoms with E-state index in [1.807, 2.05) is 24.3 Å². The zero-order chi connectivity index (χ0) is 12.1. The van der Waals surface area contributed by atoms with E-state index < -0.39 is 0 Å². The lowest BCUT2D eigenvalue weighted by Gasteiger charge is -2.09. The SMILES string of the molecule is CNC(=O)COc1cccc(NCC2CC2)c1. The highest BCUT2D eigenvalue weighted by Crippen LogP contribution is 2.29. The van der Waals surface area contributed by atoms with Crippen LogP contribution in [0, 0.1) is 5.92 Å². The van der Waals surface area contributed by atoms with Gasteiger partial charge in [0.15, 0.2) is 6.61 Å². The Morgan fingerprint density at radius 3 is 3.00 bits per heavy atom. The molecule has 0 heterocycles. The zero-order valence-corrected chi connectivity index (χ0v) is 10.0. The summed E-state index contributed by atoms with van der Waals surface area (Å²) in [7, 11) is 1.60. The van der Waals surface area contributed by atoms with Gasteiger partial charge in [-0.25, -0.2) is 0 Å². The third-order valence-corrected chi connectivity index (χ3v) is 2.77. The quantitative estimate of drug-likeness (QED) is 0.786. The second-order valence-electron chi connectivity index (χ2n) is 4.31. The first-order valence-corrected chi connectivity index (χ1v) is 5.95. The summed E-state index contributed by atoms with van der Waals surface area (Å²) >= 11 is 0. The van der Waals surface area contributed by atoms with Crippen molar-refractivity contribution in [1.82, 2.24) is 5.32 Å². The van der Waals surface area contributed by atoms with Crippen LogP contribution in [0.3, 0.4) is 0 Å². The van der Waals surface area contributed by atoms with Crippen molar-refractivity contribution in [3.8, 4) is 5.75 Å². The molecule has 2 N–H and O–H groups in total. The van der Waals surface area contributed by atoms with Crippen molar-refractivity contribution in [1.29, 1.82) is 0 Å². The highest BCUT2D eigenvalue weighted by Gasteiger charge is 2.20. The van der Waals surface area contributed by atoms with E-state index >= 15 is 0 Å². The van der Waals surface area contributed by atoms with Gasteiger partial charge in [0.2, 0.25) is 0 Å². The van der Waals surface area contributed by atoms with Crippen LogP contribution in [0.1, 0.15) is 12.8 Å². The van der Waals surface area contributed by atoms with Gasteiger partial charge in [-0.1, -0.05) is 6.07 Å². The number of amides is 1. The van der Waals surface area contributed by atoms with Gasteiger partial charge in [0.25, 0.3) is 5.91 Å². The number of rotatable bonds is 6. The number of benzene rings is 1. The van der Waals surface area contributed by atoms with Gasteiger partial charge >= 0.3 is 0 Å². The highest BCUT2D eigenvalue weighted by molar-refractivity contribution is 5.77. The summed E-state index contributed by atoms with van der Waals surface area (Å²) < 4.78 is 5.37. The molecule has 92 valence electrons. The molecule has 0 aliphatic heterocycles. The molecule has 4 nitrogen and oxygen atoms in total. The van der Waals surface area contributed by atoms with Gasteiger partial charge in [-0.05, 0) is 30.9 Å². The van der Waals surface area contributed by atoms with Crippen molar-refractivity contribution in [3.63, 3.8) is 0 Å². The number of ether oxygens (including phenoxy) is 1. The van der Waals surface area contributed by atoms with E-state index in [-0.39, 0.29) is 12.5 Å². The van der Waals surface area contributed by atoms with E-state index in [2.05, 4.69) is 10.6 Å². The summed E-state index contributed by atoms with van der Waals surface area (Å²) in [6, 6.07) is 7.71. The molecule has 1 aliphatic rings. The topological polar surface area (TPSA) is 50.4 Å². The molecule has 1 aromatic carbocycles. The number of nitrogens with one attached hydrogen (secondary N) is 2. The summed E-state index contributed by atoms with van der Waals surface area (Å²) in [6.45, 7) is 1.08. The summed E-state index contributed by atoms with van der Waals surface area (Å²) in [4.78, 5) is 11.0. The fourth-order valence-corrected chi connectivity index (χ4v) is 1.50. The minimum Gasteiger partial charge on any atom is -0.484 e. The van der Waals surface area contributed by atoms with Crippen molar-refractivity contribution < 1.29 is 9.53 Å². The largest absolute Gasteiger partial charge is 0.484 e. The molecule has 0 spiro atoms. The normalized spacial score (nSPS) is 14.2. The summed E-state index contributed by atoms with van der Waals surface area (Å²) in [5.74, 6) is 1.43.